The third-order valence-electron chi connectivity index (χ3n) is 3.11. The maximum Gasteiger partial charge on any atom is 0.341 e. The molecule has 0 aromatic carbocycles. The summed E-state index contributed by atoms with van der Waals surface area (Å²) in [5, 5.41) is 0. The Kier molecular flexibility index (Phi) is 4.59. The first kappa shape index (κ1) is 15.2. The number of rotatable bonds is 4. The largest absolute Gasteiger partial charge is 0.462 e. The van der Waals surface area contributed by atoms with Crippen LogP contribution in [0, 0.1) is 0 Å². The van der Waals surface area contributed by atoms with Gasteiger partial charge in [-0.15, -0.1) is 11.6 Å². The summed E-state index contributed by atoms with van der Waals surface area (Å²) < 4.78 is 27.8. The number of alkyl halides is 1. The van der Waals surface area contributed by atoms with Crippen molar-refractivity contribution in [2.45, 2.75) is 25.1 Å². The summed E-state index contributed by atoms with van der Waals surface area (Å²) in [5.41, 5.74) is 0.603. The summed E-state index contributed by atoms with van der Waals surface area (Å²) in [6.07, 6.45) is 1.87. The van der Waals surface area contributed by atoms with Crippen molar-refractivity contribution in [3.05, 3.63) is 23.3 Å². The second-order valence-corrected chi connectivity index (χ2v) is 7.04. The third-order valence-corrected chi connectivity index (χ3v) is 5.13. The normalized spacial score (nSPS) is 20.8. The second kappa shape index (κ2) is 6.05. The van der Waals surface area contributed by atoms with Crippen molar-refractivity contribution in [2.75, 3.05) is 18.1 Å². The van der Waals surface area contributed by atoms with Crippen LogP contribution in [-0.4, -0.2) is 42.5 Å². The molecule has 0 amide bonds. The molecule has 110 valence electrons. The minimum Gasteiger partial charge on any atom is -0.462 e. The molecule has 1 fully saturated rings. The van der Waals surface area contributed by atoms with Crippen molar-refractivity contribution < 1.29 is 17.9 Å². The topological polar surface area (TPSA) is 86.2 Å². The van der Waals surface area contributed by atoms with E-state index < -0.39 is 15.8 Å². The Morgan fingerprint density at radius 3 is 2.85 bits per heavy atom. The zero-order valence-corrected chi connectivity index (χ0v) is 12.6. The summed E-state index contributed by atoms with van der Waals surface area (Å²) in [5.74, 6) is -0.0743. The lowest BCUT2D eigenvalue weighted by Crippen LogP contribution is -2.14. The number of halogens is 1. The highest BCUT2D eigenvalue weighted by atomic mass is 35.5. The number of ether oxygens (including phenoxy) is 1. The summed E-state index contributed by atoms with van der Waals surface area (Å²) in [6.45, 7) is 1.96. The van der Waals surface area contributed by atoms with Gasteiger partial charge in [0.25, 0.3) is 0 Å². The summed E-state index contributed by atoms with van der Waals surface area (Å²) >= 11 is 5.79. The van der Waals surface area contributed by atoms with Crippen LogP contribution in [0.5, 0.6) is 0 Å². The number of nitrogens with zero attached hydrogens (tertiary/aromatic N) is 2. The molecule has 1 saturated heterocycles. The predicted octanol–water partition coefficient (Wildman–Crippen LogP) is 1.29. The first-order valence-electron chi connectivity index (χ1n) is 6.26. The molecular weight excluding hydrogens is 304 g/mol. The van der Waals surface area contributed by atoms with Gasteiger partial charge in [-0.2, -0.15) is 0 Å². The van der Waals surface area contributed by atoms with E-state index in [2.05, 4.69) is 9.97 Å². The van der Waals surface area contributed by atoms with Crippen molar-refractivity contribution in [3.8, 4) is 0 Å². The van der Waals surface area contributed by atoms with Crippen LogP contribution < -0.4 is 0 Å². The Morgan fingerprint density at radius 2 is 2.30 bits per heavy atom. The van der Waals surface area contributed by atoms with E-state index in [4.69, 9.17) is 16.3 Å². The summed E-state index contributed by atoms with van der Waals surface area (Å²) in [7, 11) is -3.00. The average molecular weight is 319 g/mol. The highest BCUT2D eigenvalue weighted by Gasteiger charge is 2.31. The first-order valence-corrected chi connectivity index (χ1v) is 8.61. The second-order valence-electron chi connectivity index (χ2n) is 4.54. The summed E-state index contributed by atoms with van der Waals surface area (Å²) in [6, 6.07) is 0. The molecule has 0 N–H and O–H groups in total. The molecule has 1 aromatic heterocycles. The van der Waals surface area contributed by atoms with Crippen LogP contribution in [0.3, 0.4) is 0 Å². The average Bonchev–Trinajstić information content (AvgIpc) is 2.78. The van der Waals surface area contributed by atoms with E-state index in [0.717, 1.165) is 0 Å². The minimum atomic E-state index is -3.00. The van der Waals surface area contributed by atoms with E-state index in [0.29, 0.717) is 17.9 Å². The van der Waals surface area contributed by atoms with Gasteiger partial charge in [-0.05, 0) is 13.3 Å². The van der Waals surface area contributed by atoms with Crippen LogP contribution in [0.2, 0.25) is 0 Å². The fourth-order valence-electron chi connectivity index (χ4n) is 2.11. The molecule has 6 nitrogen and oxygen atoms in total. The molecule has 1 aliphatic rings. The molecule has 20 heavy (non-hydrogen) atoms. The first-order chi connectivity index (χ1) is 9.46. The molecule has 1 unspecified atom stereocenters. The Labute approximate surface area is 122 Å². The molecule has 0 aliphatic carbocycles. The Balaban J connectivity index is 2.28. The molecule has 8 heteroatoms. The summed E-state index contributed by atoms with van der Waals surface area (Å²) in [4.78, 5) is 20.0. The predicted molar refractivity (Wildman–Crippen MR) is 73.6 cm³/mol. The van der Waals surface area contributed by atoms with Gasteiger partial charge in [0.1, 0.15) is 11.4 Å². The van der Waals surface area contributed by atoms with E-state index in [1.807, 2.05) is 0 Å². The quantitative estimate of drug-likeness (QED) is 0.614. The van der Waals surface area contributed by atoms with Crippen LogP contribution in [-0.2, 0) is 20.5 Å². The van der Waals surface area contributed by atoms with Gasteiger partial charge in [-0.1, -0.05) is 0 Å². The molecule has 1 aliphatic heterocycles. The van der Waals surface area contributed by atoms with Crippen LogP contribution >= 0.6 is 11.6 Å². The van der Waals surface area contributed by atoms with Crippen LogP contribution in [0.15, 0.2) is 6.20 Å². The van der Waals surface area contributed by atoms with Crippen LogP contribution in [0.4, 0.5) is 0 Å². The highest BCUT2D eigenvalue weighted by Crippen LogP contribution is 2.27. The van der Waals surface area contributed by atoms with Gasteiger partial charge in [0, 0.05) is 12.1 Å². The van der Waals surface area contributed by atoms with Crippen molar-refractivity contribution in [1.29, 1.82) is 0 Å². The Morgan fingerprint density at radius 1 is 1.55 bits per heavy atom. The van der Waals surface area contributed by atoms with Gasteiger partial charge in [0.05, 0.1) is 29.7 Å². The van der Waals surface area contributed by atoms with Crippen molar-refractivity contribution in [2.24, 2.45) is 0 Å². The van der Waals surface area contributed by atoms with Crippen LogP contribution in [0.25, 0.3) is 0 Å². The maximum absolute atomic E-state index is 11.7. The lowest BCUT2D eigenvalue weighted by Gasteiger charge is -2.10. The monoisotopic (exact) mass is 318 g/mol. The van der Waals surface area contributed by atoms with E-state index in [1.165, 1.54) is 6.20 Å². The molecule has 1 atom stereocenters. The van der Waals surface area contributed by atoms with E-state index in [1.54, 1.807) is 6.92 Å². The number of aromatic nitrogens is 2. The fourth-order valence-corrected chi connectivity index (χ4v) is 4.05. The van der Waals surface area contributed by atoms with Gasteiger partial charge in [0.2, 0.25) is 0 Å². The number of sulfone groups is 1. The van der Waals surface area contributed by atoms with E-state index in [-0.39, 0.29) is 35.5 Å². The molecule has 1 aromatic rings. The fraction of sp³-hybridized carbons (Fsp3) is 0.583. The van der Waals surface area contributed by atoms with Gasteiger partial charge in [0.15, 0.2) is 9.84 Å². The molecule has 0 bridgehead atoms. The van der Waals surface area contributed by atoms with Gasteiger partial charge in [-0.3, -0.25) is 0 Å². The molecule has 2 heterocycles. The van der Waals surface area contributed by atoms with E-state index in [9.17, 15) is 13.2 Å². The van der Waals surface area contributed by atoms with Crippen LogP contribution in [0.1, 0.15) is 41.1 Å². The Hall–Kier alpha value is -1.21. The van der Waals surface area contributed by atoms with Crippen molar-refractivity contribution in [1.82, 2.24) is 9.97 Å². The standard InChI is InChI=1S/C12H15ClN2O4S/c1-2-19-12(16)9-6-14-11(15-10(9)5-13)8-3-4-20(17,18)7-8/h6,8H,2-5,7H2,1H3. The lowest BCUT2D eigenvalue weighted by atomic mass is 10.1. The smallest absolute Gasteiger partial charge is 0.341 e. The molecule has 2 rings (SSSR count). The lowest BCUT2D eigenvalue weighted by molar-refractivity contribution is 0.0524. The van der Waals surface area contributed by atoms with Gasteiger partial charge >= 0.3 is 5.97 Å². The molecular formula is C12H15ClN2O4S. The van der Waals surface area contributed by atoms with E-state index >= 15 is 0 Å². The van der Waals surface area contributed by atoms with Crippen molar-refractivity contribution in [3.63, 3.8) is 0 Å². The van der Waals surface area contributed by atoms with Gasteiger partial charge in [-0.25, -0.2) is 23.2 Å². The van der Waals surface area contributed by atoms with Crippen molar-refractivity contribution >= 4 is 27.4 Å². The zero-order valence-electron chi connectivity index (χ0n) is 11.0. The zero-order chi connectivity index (χ0) is 14.8. The molecule has 0 saturated carbocycles. The SMILES string of the molecule is CCOC(=O)c1cnc(C2CCS(=O)(=O)C2)nc1CCl. The molecule has 0 radical (unpaired) electrons. The molecule has 0 spiro atoms. The number of carbonyl (C=O) groups excluding carboxylic acids is 1. The minimum absolute atomic E-state index is 0.0448. The highest BCUT2D eigenvalue weighted by molar-refractivity contribution is 7.91. The Bertz CT molecular complexity index is 618. The number of carbonyl (C=O) groups is 1. The maximum atomic E-state index is 11.7. The number of hydrogen-bond donors (Lipinski definition) is 0. The number of hydrogen-bond acceptors (Lipinski definition) is 6. The van der Waals surface area contributed by atoms with Gasteiger partial charge < -0.3 is 4.74 Å². The number of esters is 1. The third kappa shape index (κ3) is 3.27.